The maximum atomic E-state index is 13.0. The zero-order valence-corrected chi connectivity index (χ0v) is 12.0. The summed E-state index contributed by atoms with van der Waals surface area (Å²) in [4.78, 5) is 0. The Kier molecular flexibility index (Phi) is 3.43. The molecule has 1 saturated heterocycles. The van der Waals surface area contributed by atoms with Crippen LogP contribution in [-0.4, -0.2) is 49.3 Å². The van der Waals surface area contributed by atoms with Crippen LogP contribution in [0, 0.1) is 5.82 Å². The molecule has 1 aliphatic carbocycles. The van der Waals surface area contributed by atoms with Gasteiger partial charge in [0.1, 0.15) is 17.7 Å². The van der Waals surface area contributed by atoms with Gasteiger partial charge in [0.15, 0.2) is 0 Å². The van der Waals surface area contributed by atoms with Crippen molar-refractivity contribution in [2.24, 2.45) is 0 Å². The van der Waals surface area contributed by atoms with Crippen LogP contribution in [0.4, 0.5) is 4.39 Å². The van der Waals surface area contributed by atoms with E-state index in [-0.39, 0.29) is 18.0 Å². The Morgan fingerprint density at radius 2 is 2.05 bits per heavy atom. The molecule has 0 radical (unpaired) electrons. The molecule has 0 spiro atoms. The molecule has 0 amide bonds. The van der Waals surface area contributed by atoms with E-state index < -0.39 is 10.2 Å². The first-order chi connectivity index (χ1) is 9.46. The van der Waals surface area contributed by atoms with Crippen molar-refractivity contribution in [1.82, 2.24) is 8.61 Å². The van der Waals surface area contributed by atoms with Crippen molar-refractivity contribution in [2.75, 3.05) is 20.1 Å². The topological polar surface area (TPSA) is 49.9 Å². The second-order valence-corrected chi connectivity index (χ2v) is 7.26. The van der Waals surface area contributed by atoms with Crippen LogP contribution in [0.15, 0.2) is 24.3 Å². The van der Waals surface area contributed by atoms with E-state index in [1.54, 1.807) is 19.2 Å². The monoisotopic (exact) mass is 300 g/mol. The van der Waals surface area contributed by atoms with Gasteiger partial charge >= 0.3 is 0 Å². The number of hydrogen-bond donors (Lipinski definition) is 0. The molecule has 110 valence electrons. The van der Waals surface area contributed by atoms with Crippen LogP contribution in [0.3, 0.4) is 0 Å². The Hall–Kier alpha value is -1.18. The van der Waals surface area contributed by atoms with Gasteiger partial charge in [0.05, 0.1) is 13.1 Å². The summed E-state index contributed by atoms with van der Waals surface area (Å²) in [5, 5.41) is 0. The highest BCUT2D eigenvalue weighted by Crippen LogP contribution is 2.31. The largest absolute Gasteiger partial charge is 0.488 e. The average molecular weight is 300 g/mol. The fourth-order valence-electron chi connectivity index (χ4n) is 2.21. The molecule has 3 rings (SSSR count). The number of hydrogen-bond acceptors (Lipinski definition) is 3. The summed E-state index contributed by atoms with van der Waals surface area (Å²) in [6.07, 6.45) is 1.67. The van der Waals surface area contributed by atoms with E-state index in [0.717, 1.165) is 12.8 Å². The summed E-state index contributed by atoms with van der Waals surface area (Å²) in [7, 11) is -1.74. The summed E-state index contributed by atoms with van der Waals surface area (Å²) in [5.41, 5.74) is 0. The molecule has 2 aliphatic rings. The maximum absolute atomic E-state index is 13.0. The van der Waals surface area contributed by atoms with Crippen molar-refractivity contribution in [1.29, 1.82) is 0 Å². The summed E-state index contributed by atoms with van der Waals surface area (Å²) in [6.45, 7) is 0.631. The second kappa shape index (κ2) is 4.98. The van der Waals surface area contributed by atoms with Crippen molar-refractivity contribution >= 4 is 10.2 Å². The lowest BCUT2D eigenvalue weighted by atomic mass is 10.2. The highest BCUT2D eigenvalue weighted by molar-refractivity contribution is 7.86. The van der Waals surface area contributed by atoms with Gasteiger partial charge < -0.3 is 4.74 Å². The van der Waals surface area contributed by atoms with Gasteiger partial charge in [-0.3, -0.25) is 0 Å². The second-order valence-electron chi connectivity index (χ2n) is 5.27. The third-order valence-electron chi connectivity index (χ3n) is 3.66. The molecule has 0 aromatic heterocycles. The third-order valence-corrected chi connectivity index (χ3v) is 5.64. The maximum Gasteiger partial charge on any atom is 0.282 e. The molecule has 1 heterocycles. The number of benzene rings is 1. The predicted molar refractivity (Wildman–Crippen MR) is 72.1 cm³/mol. The molecule has 1 aliphatic heterocycles. The fourth-order valence-corrected chi connectivity index (χ4v) is 3.87. The molecule has 0 bridgehead atoms. The molecule has 0 N–H and O–H groups in total. The molecule has 1 aromatic rings. The normalized spacial score (nSPS) is 20.9. The molecular weight excluding hydrogens is 283 g/mol. The minimum Gasteiger partial charge on any atom is -0.488 e. The zero-order chi connectivity index (χ0) is 14.3. The smallest absolute Gasteiger partial charge is 0.282 e. The predicted octanol–water partition coefficient (Wildman–Crippen LogP) is 1.23. The lowest BCUT2D eigenvalue weighted by Gasteiger charge is -2.39. The van der Waals surface area contributed by atoms with E-state index in [1.165, 1.54) is 20.7 Å². The van der Waals surface area contributed by atoms with Crippen LogP contribution in [-0.2, 0) is 10.2 Å². The lowest BCUT2D eigenvalue weighted by molar-refractivity contribution is 0.0716. The van der Waals surface area contributed by atoms with Crippen molar-refractivity contribution in [3.63, 3.8) is 0 Å². The van der Waals surface area contributed by atoms with E-state index in [0.29, 0.717) is 18.8 Å². The molecule has 0 unspecified atom stereocenters. The van der Waals surface area contributed by atoms with Gasteiger partial charge in [-0.05, 0) is 25.0 Å². The number of rotatable bonds is 5. The molecular formula is C13H17FN2O3S. The summed E-state index contributed by atoms with van der Waals surface area (Å²) >= 11 is 0. The van der Waals surface area contributed by atoms with Gasteiger partial charge in [0, 0.05) is 19.2 Å². The van der Waals surface area contributed by atoms with Crippen LogP contribution in [0.5, 0.6) is 5.75 Å². The van der Waals surface area contributed by atoms with E-state index in [1.807, 2.05) is 0 Å². The molecule has 20 heavy (non-hydrogen) atoms. The first-order valence-corrected chi connectivity index (χ1v) is 8.02. The first-order valence-electron chi connectivity index (χ1n) is 6.62. The highest BCUT2D eigenvalue weighted by atomic mass is 32.2. The van der Waals surface area contributed by atoms with E-state index in [2.05, 4.69) is 0 Å². The molecule has 0 atom stereocenters. The van der Waals surface area contributed by atoms with Crippen molar-refractivity contribution < 1.29 is 17.5 Å². The minimum absolute atomic E-state index is 0.156. The van der Waals surface area contributed by atoms with Crippen LogP contribution in [0.2, 0.25) is 0 Å². The Morgan fingerprint density at radius 3 is 2.65 bits per heavy atom. The fraction of sp³-hybridized carbons (Fsp3) is 0.538. The first kappa shape index (κ1) is 13.8. The number of halogens is 1. The molecule has 2 fully saturated rings. The van der Waals surface area contributed by atoms with Gasteiger partial charge in [-0.2, -0.15) is 17.0 Å². The standard InChI is InChI=1S/C13H17FN2O3S/c1-15(11-5-6-11)20(17,18)16-8-13(9-16)19-12-4-2-3-10(14)7-12/h2-4,7,11,13H,5-6,8-9H2,1H3. The van der Waals surface area contributed by atoms with Gasteiger partial charge in [0.2, 0.25) is 0 Å². The summed E-state index contributed by atoms with van der Waals surface area (Å²) in [6, 6.07) is 6.03. The zero-order valence-electron chi connectivity index (χ0n) is 11.2. The van der Waals surface area contributed by atoms with Gasteiger partial charge in [-0.1, -0.05) is 6.07 Å². The Labute approximate surface area is 118 Å². The van der Waals surface area contributed by atoms with Crippen LogP contribution < -0.4 is 4.74 Å². The Morgan fingerprint density at radius 1 is 1.35 bits per heavy atom. The van der Waals surface area contributed by atoms with Crippen molar-refractivity contribution in [3.8, 4) is 5.75 Å². The van der Waals surface area contributed by atoms with E-state index in [4.69, 9.17) is 4.74 Å². The Bertz CT molecular complexity index is 597. The third kappa shape index (κ3) is 2.65. The number of ether oxygens (including phenoxy) is 1. The van der Waals surface area contributed by atoms with Crippen LogP contribution in [0.25, 0.3) is 0 Å². The van der Waals surface area contributed by atoms with Gasteiger partial charge in [0.25, 0.3) is 10.2 Å². The van der Waals surface area contributed by atoms with E-state index >= 15 is 0 Å². The van der Waals surface area contributed by atoms with E-state index in [9.17, 15) is 12.8 Å². The summed E-state index contributed by atoms with van der Waals surface area (Å²) < 4.78 is 45.8. The van der Waals surface area contributed by atoms with Crippen LogP contribution >= 0.6 is 0 Å². The quantitative estimate of drug-likeness (QED) is 0.822. The molecule has 5 nitrogen and oxygen atoms in total. The van der Waals surface area contributed by atoms with Crippen LogP contribution in [0.1, 0.15) is 12.8 Å². The average Bonchev–Trinajstić information content (AvgIpc) is 3.16. The lowest BCUT2D eigenvalue weighted by Crippen LogP contribution is -2.59. The summed E-state index contributed by atoms with van der Waals surface area (Å²) in [5.74, 6) is 0.0716. The minimum atomic E-state index is -3.36. The van der Waals surface area contributed by atoms with Gasteiger partial charge in [-0.15, -0.1) is 0 Å². The van der Waals surface area contributed by atoms with Crippen molar-refractivity contribution in [2.45, 2.75) is 25.0 Å². The SMILES string of the molecule is CN(C1CC1)S(=O)(=O)N1CC(Oc2cccc(F)c2)C1. The Balaban J connectivity index is 1.56. The number of nitrogens with zero attached hydrogens (tertiary/aromatic N) is 2. The van der Waals surface area contributed by atoms with Gasteiger partial charge in [-0.25, -0.2) is 4.39 Å². The molecule has 1 aromatic carbocycles. The molecule has 1 saturated carbocycles. The van der Waals surface area contributed by atoms with Crippen molar-refractivity contribution in [3.05, 3.63) is 30.1 Å². The highest BCUT2D eigenvalue weighted by Gasteiger charge is 2.43. The molecule has 7 heteroatoms.